The molecule has 200 valence electrons. The van der Waals surface area contributed by atoms with E-state index in [2.05, 4.69) is 40.6 Å². The predicted molar refractivity (Wildman–Crippen MR) is 152 cm³/mol. The molecule has 0 saturated heterocycles. The molecule has 0 unspecified atom stereocenters. The second-order valence-corrected chi connectivity index (χ2v) is 12.3. The number of hydrogen-bond donors (Lipinski definition) is 0. The van der Waals surface area contributed by atoms with Crippen LogP contribution in [0.5, 0.6) is 11.5 Å². The van der Waals surface area contributed by atoms with Gasteiger partial charge in [-0.05, 0) is 41.2 Å². The maximum atomic E-state index is 14.1. The summed E-state index contributed by atoms with van der Waals surface area (Å²) in [6.45, 7) is 5.66. The summed E-state index contributed by atoms with van der Waals surface area (Å²) >= 11 is 3.24. The van der Waals surface area contributed by atoms with Crippen molar-refractivity contribution in [2.75, 3.05) is 6.79 Å². The molecule has 0 amide bonds. The van der Waals surface area contributed by atoms with E-state index in [1.165, 1.54) is 5.56 Å². The second-order valence-electron chi connectivity index (χ2n) is 10.3. The van der Waals surface area contributed by atoms with E-state index in [-0.39, 0.29) is 18.5 Å². The number of hydrogen-bond acceptors (Lipinski definition) is 8. The Hall–Kier alpha value is -3.34. The van der Waals surface area contributed by atoms with Gasteiger partial charge in [0.05, 0.1) is 18.1 Å². The van der Waals surface area contributed by atoms with Crippen LogP contribution >= 0.6 is 23.1 Å². The molecule has 0 fully saturated rings. The van der Waals surface area contributed by atoms with Crippen LogP contribution in [0, 0.1) is 5.92 Å². The minimum atomic E-state index is 0.00931. The molecule has 0 aliphatic carbocycles. The normalized spacial score (nSPS) is 16.4. The van der Waals surface area contributed by atoms with Gasteiger partial charge in [-0.2, -0.15) is 0 Å². The fourth-order valence-electron chi connectivity index (χ4n) is 5.28. The first-order chi connectivity index (χ1) is 19.1. The van der Waals surface area contributed by atoms with Gasteiger partial charge < -0.3 is 14.2 Å². The van der Waals surface area contributed by atoms with E-state index in [4.69, 9.17) is 14.2 Å². The van der Waals surface area contributed by atoms with Gasteiger partial charge in [-0.15, -0.1) is 21.5 Å². The molecule has 0 saturated carbocycles. The van der Waals surface area contributed by atoms with Gasteiger partial charge in [0.1, 0.15) is 4.83 Å². The van der Waals surface area contributed by atoms with Gasteiger partial charge in [0.25, 0.3) is 5.56 Å². The Morgan fingerprint density at radius 1 is 1.08 bits per heavy atom. The first-order valence-electron chi connectivity index (χ1n) is 13.2. The summed E-state index contributed by atoms with van der Waals surface area (Å²) in [5.41, 5.74) is 3.42. The number of ether oxygens (including phenoxy) is 3. The zero-order valence-electron chi connectivity index (χ0n) is 21.8. The van der Waals surface area contributed by atoms with Crippen molar-refractivity contribution in [3.05, 3.63) is 80.5 Å². The molecular formula is C29H28N4O4S2. The molecule has 39 heavy (non-hydrogen) atoms. The van der Waals surface area contributed by atoms with Crippen molar-refractivity contribution in [3.8, 4) is 11.5 Å². The van der Waals surface area contributed by atoms with Gasteiger partial charge in [0, 0.05) is 23.6 Å². The van der Waals surface area contributed by atoms with E-state index >= 15 is 0 Å². The number of nitrogens with zero attached hydrogens (tertiary/aromatic N) is 4. The second kappa shape index (κ2) is 10.0. The molecule has 0 N–H and O–H groups in total. The third kappa shape index (κ3) is 4.40. The van der Waals surface area contributed by atoms with Crippen molar-refractivity contribution in [3.63, 3.8) is 0 Å². The summed E-state index contributed by atoms with van der Waals surface area (Å²) in [4.78, 5) is 16.1. The molecule has 8 nitrogen and oxygen atoms in total. The Balaban J connectivity index is 1.32. The van der Waals surface area contributed by atoms with Crippen LogP contribution in [-0.2, 0) is 36.5 Å². The number of thioether (sulfide) groups is 1. The molecule has 0 spiro atoms. The van der Waals surface area contributed by atoms with E-state index in [0.717, 1.165) is 55.7 Å². The molecule has 7 rings (SSSR count). The van der Waals surface area contributed by atoms with E-state index in [1.54, 1.807) is 27.7 Å². The Bertz CT molecular complexity index is 1740. The summed E-state index contributed by atoms with van der Waals surface area (Å²) in [6, 6.07) is 16.2. The lowest BCUT2D eigenvalue weighted by molar-refractivity contribution is 0.00200. The largest absolute Gasteiger partial charge is 0.454 e. The van der Waals surface area contributed by atoms with Gasteiger partial charge in [-0.25, -0.2) is 4.40 Å². The van der Waals surface area contributed by atoms with Gasteiger partial charge >= 0.3 is 0 Å². The monoisotopic (exact) mass is 560 g/mol. The summed E-state index contributed by atoms with van der Waals surface area (Å²) in [5, 5.41) is 10.7. The number of rotatable bonds is 7. The highest BCUT2D eigenvalue weighted by atomic mass is 32.2. The van der Waals surface area contributed by atoms with Crippen molar-refractivity contribution in [1.82, 2.24) is 19.2 Å². The van der Waals surface area contributed by atoms with Crippen molar-refractivity contribution < 1.29 is 14.2 Å². The third-order valence-electron chi connectivity index (χ3n) is 7.44. The molecule has 1 atom stereocenters. The van der Waals surface area contributed by atoms with Gasteiger partial charge in [-0.1, -0.05) is 62.0 Å². The molecule has 2 aliphatic rings. The zero-order chi connectivity index (χ0) is 26.5. The summed E-state index contributed by atoms with van der Waals surface area (Å²) < 4.78 is 21.1. The van der Waals surface area contributed by atoms with Crippen molar-refractivity contribution in [2.24, 2.45) is 5.92 Å². The summed E-state index contributed by atoms with van der Waals surface area (Å²) in [5.74, 6) is 3.18. The Morgan fingerprint density at radius 2 is 1.92 bits per heavy atom. The highest BCUT2D eigenvalue weighted by molar-refractivity contribution is 7.98. The van der Waals surface area contributed by atoms with Gasteiger partial charge in [0.15, 0.2) is 16.7 Å². The third-order valence-corrected chi connectivity index (χ3v) is 9.63. The number of thiophene rings is 1. The van der Waals surface area contributed by atoms with Crippen LogP contribution in [0.15, 0.2) is 58.5 Å². The molecule has 5 aromatic rings. The van der Waals surface area contributed by atoms with Crippen LogP contribution in [0.3, 0.4) is 0 Å². The Kier molecular flexibility index (Phi) is 6.33. The smallest absolute Gasteiger partial charge is 0.263 e. The van der Waals surface area contributed by atoms with Gasteiger partial charge in [-0.3, -0.25) is 9.36 Å². The Labute approximate surface area is 233 Å². The number of aromatic nitrogens is 4. The fraction of sp³-hybridized carbons (Fsp3) is 0.345. The number of aryl methyl sites for hydroxylation is 2. The minimum absolute atomic E-state index is 0.00931. The van der Waals surface area contributed by atoms with Gasteiger partial charge in [0.2, 0.25) is 12.6 Å². The zero-order valence-corrected chi connectivity index (χ0v) is 23.4. The van der Waals surface area contributed by atoms with Crippen LogP contribution in [0.2, 0.25) is 0 Å². The van der Waals surface area contributed by atoms with Crippen LogP contribution in [-0.4, -0.2) is 32.1 Å². The maximum Gasteiger partial charge on any atom is 0.263 e. The molecular weight excluding hydrogens is 532 g/mol. The minimum Gasteiger partial charge on any atom is -0.454 e. The predicted octanol–water partition coefficient (Wildman–Crippen LogP) is 5.47. The average Bonchev–Trinajstić information content (AvgIpc) is 3.68. The molecule has 3 aromatic heterocycles. The van der Waals surface area contributed by atoms with Crippen LogP contribution in [0.1, 0.15) is 35.4 Å². The van der Waals surface area contributed by atoms with Crippen LogP contribution in [0.25, 0.3) is 16.0 Å². The van der Waals surface area contributed by atoms with Crippen LogP contribution < -0.4 is 15.0 Å². The topological polar surface area (TPSA) is 79.9 Å². The highest BCUT2D eigenvalue weighted by Gasteiger charge is 2.30. The fourth-order valence-corrected chi connectivity index (χ4v) is 7.45. The van der Waals surface area contributed by atoms with Crippen molar-refractivity contribution >= 4 is 39.1 Å². The first-order valence-corrected chi connectivity index (χ1v) is 15.0. The SMILES string of the molecule is CC(C)[C@@H]1Cc2c(sc3c2c(=O)n(CCc2ccccc2)c2nnc(SCc4ccc5c(c4)OCO5)n32)CO1. The standard InChI is InChI=1S/C29H28N4O4S2/c1-17(2)22-13-20-24(14-35-22)39-27-25(20)26(34)32(11-10-18-6-4-3-5-7-18)28-30-31-29(33(27)28)38-15-19-8-9-21-23(12-19)37-16-36-21/h3-9,12,17,22H,10-11,13-16H2,1-2H3/t22-/m0/s1. The van der Waals surface area contributed by atoms with Crippen molar-refractivity contribution in [2.45, 2.75) is 56.9 Å². The van der Waals surface area contributed by atoms with E-state index in [9.17, 15) is 4.79 Å². The lowest BCUT2D eigenvalue weighted by Gasteiger charge is -2.26. The summed E-state index contributed by atoms with van der Waals surface area (Å²) in [7, 11) is 0. The lowest BCUT2D eigenvalue weighted by atomic mass is 9.96. The molecule has 0 radical (unpaired) electrons. The van der Waals surface area contributed by atoms with Crippen molar-refractivity contribution in [1.29, 1.82) is 0 Å². The molecule has 2 aromatic carbocycles. The highest BCUT2D eigenvalue weighted by Crippen LogP contribution is 2.38. The Morgan fingerprint density at radius 3 is 2.77 bits per heavy atom. The maximum absolute atomic E-state index is 14.1. The van der Waals surface area contributed by atoms with E-state index < -0.39 is 0 Å². The molecule has 2 aliphatic heterocycles. The average molecular weight is 561 g/mol. The first kappa shape index (κ1) is 24.7. The van der Waals surface area contributed by atoms with Crippen LogP contribution in [0.4, 0.5) is 0 Å². The van der Waals surface area contributed by atoms with E-state index in [1.807, 2.05) is 36.4 Å². The lowest BCUT2D eigenvalue weighted by Crippen LogP contribution is -2.29. The number of benzene rings is 2. The quantitative estimate of drug-likeness (QED) is 0.244. The summed E-state index contributed by atoms with van der Waals surface area (Å²) in [6.07, 6.45) is 1.58. The molecule has 5 heterocycles. The molecule has 10 heteroatoms. The molecule has 0 bridgehead atoms. The van der Waals surface area contributed by atoms with E-state index in [0.29, 0.717) is 30.6 Å². The number of fused-ring (bicyclic) bond motifs is 6.